The molecule has 0 aliphatic heterocycles. The van der Waals surface area contributed by atoms with Gasteiger partial charge in [0.2, 0.25) is 0 Å². The zero-order valence-electron chi connectivity index (χ0n) is 11.1. The Balaban J connectivity index is 2.05. The van der Waals surface area contributed by atoms with Gasteiger partial charge >= 0.3 is 0 Å². The second-order valence-corrected chi connectivity index (χ2v) is 4.94. The summed E-state index contributed by atoms with van der Waals surface area (Å²) in [5.41, 5.74) is 10.7. The summed E-state index contributed by atoms with van der Waals surface area (Å²) in [5.74, 6) is 0. The lowest BCUT2D eigenvalue weighted by molar-refractivity contribution is 0.968. The Labute approximate surface area is 113 Å². The van der Waals surface area contributed by atoms with E-state index < -0.39 is 0 Å². The van der Waals surface area contributed by atoms with Crippen LogP contribution in [0, 0.1) is 0 Å². The minimum absolute atomic E-state index is 0.696. The fraction of sp³-hybridized carbons (Fsp3) is 0.176. The van der Waals surface area contributed by atoms with Gasteiger partial charge in [0.25, 0.3) is 0 Å². The topological polar surface area (TPSA) is 30.9 Å². The summed E-state index contributed by atoms with van der Waals surface area (Å²) in [7, 11) is 2.07. The van der Waals surface area contributed by atoms with Crippen LogP contribution >= 0.6 is 0 Å². The molecular formula is C17H18N2. The van der Waals surface area contributed by atoms with Crippen molar-refractivity contribution in [3.8, 4) is 11.1 Å². The van der Waals surface area contributed by atoms with Gasteiger partial charge in [0.1, 0.15) is 0 Å². The molecular weight excluding hydrogens is 232 g/mol. The Bertz CT molecular complexity index is 710. The summed E-state index contributed by atoms with van der Waals surface area (Å²) in [5, 5.41) is 1.28. The number of aryl methyl sites for hydroxylation is 1. The van der Waals surface area contributed by atoms with E-state index in [4.69, 9.17) is 5.73 Å². The van der Waals surface area contributed by atoms with E-state index in [-0.39, 0.29) is 0 Å². The van der Waals surface area contributed by atoms with Crippen LogP contribution in [-0.2, 0) is 13.5 Å². The second-order valence-electron chi connectivity index (χ2n) is 4.94. The highest BCUT2D eigenvalue weighted by Crippen LogP contribution is 2.25. The van der Waals surface area contributed by atoms with Crippen molar-refractivity contribution in [3.05, 3.63) is 60.3 Å². The maximum absolute atomic E-state index is 5.62. The van der Waals surface area contributed by atoms with Crippen LogP contribution in [0.2, 0.25) is 0 Å². The quantitative estimate of drug-likeness (QED) is 0.759. The third kappa shape index (κ3) is 2.27. The van der Waals surface area contributed by atoms with Gasteiger partial charge in [-0.15, -0.1) is 0 Å². The number of nitrogens with two attached hydrogens (primary N) is 1. The zero-order chi connectivity index (χ0) is 13.2. The van der Waals surface area contributed by atoms with Crippen LogP contribution in [-0.4, -0.2) is 11.1 Å². The largest absolute Gasteiger partial charge is 0.351 e. The Morgan fingerprint density at radius 2 is 1.84 bits per heavy atom. The number of rotatable bonds is 3. The number of aromatic nitrogens is 1. The molecule has 0 aliphatic carbocycles. The Morgan fingerprint density at radius 1 is 1.00 bits per heavy atom. The number of fused-ring (bicyclic) bond motifs is 1. The zero-order valence-corrected chi connectivity index (χ0v) is 11.1. The summed E-state index contributed by atoms with van der Waals surface area (Å²) in [6.07, 6.45) is 3.03. The van der Waals surface area contributed by atoms with Crippen LogP contribution in [0.4, 0.5) is 0 Å². The van der Waals surface area contributed by atoms with Crippen LogP contribution in [0.1, 0.15) is 5.56 Å². The van der Waals surface area contributed by atoms with E-state index in [9.17, 15) is 0 Å². The van der Waals surface area contributed by atoms with Gasteiger partial charge in [-0.05, 0) is 47.9 Å². The van der Waals surface area contributed by atoms with Crippen molar-refractivity contribution >= 4 is 10.9 Å². The number of hydrogen-bond acceptors (Lipinski definition) is 1. The molecule has 0 saturated carbocycles. The summed E-state index contributed by atoms with van der Waals surface area (Å²) >= 11 is 0. The van der Waals surface area contributed by atoms with E-state index in [1.165, 1.54) is 27.6 Å². The molecule has 2 heteroatoms. The second kappa shape index (κ2) is 4.90. The third-order valence-electron chi connectivity index (χ3n) is 3.58. The molecule has 2 nitrogen and oxygen atoms in total. The normalized spacial score (nSPS) is 11.1. The molecule has 0 aliphatic rings. The number of hydrogen-bond donors (Lipinski definition) is 1. The van der Waals surface area contributed by atoms with E-state index >= 15 is 0 Å². The van der Waals surface area contributed by atoms with Crippen molar-refractivity contribution in [1.29, 1.82) is 0 Å². The summed E-state index contributed by atoms with van der Waals surface area (Å²) in [6, 6.07) is 17.4. The highest BCUT2D eigenvalue weighted by atomic mass is 14.9. The van der Waals surface area contributed by atoms with Crippen molar-refractivity contribution < 1.29 is 0 Å². The first-order valence-electron chi connectivity index (χ1n) is 6.62. The van der Waals surface area contributed by atoms with Crippen LogP contribution in [0.3, 0.4) is 0 Å². The van der Waals surface area contributed by atoms with E-state index in [1.807, 2.05) is 0 Å². The molecule has 0 amide bonds. The number of nitrogens with zero attached hydrogens (tertiary/aromatic N) is 1. The maximum Gasteiger partial charge on any atom is 0.0478 e. The Morgan fingerprint density at radius 3 is 2.68 bits per heavy atom. The average Bonchev–Trinajstić information content (AvgIpc) is 2.81. The first-order valence-corrected chi connectivity index (χ1v) is 6.62. The molecule has 0 unspecified atom stereocenters. The molecule has 3 aromatic rings. The van der Waals surface area contributed by atoms with E-state index in [2.05, 4.69) is 66.3 Å². The first kappa shape index (κ1) is 12.0. The van der Waals surface area contributed by atoms with E-state index in [0.29, 0.717) is 6.54 Å². The van der Waals surface area contributed by atoms with Crippen molar-refractivity contribution in [2.45, 2.75) is 6.42 Å². The van der Waals surface area contributed by atoms with Crippen LogP contribution in [0.15, 0.2) is 54.7 Å². The Kier molecular flexibility index (Phi) is 3.10. The summed E-state index contributed by atoms with van der Waals surface area (Å²) < 4.78 is 2.14. The van der Waals surface area contributed by atoms with Crippen molar-refractivity contribution in [2.75, 3.05) is 6.54 Å². The lowest BCUT2D eigenvalue weighted by Gasteiger charge is -2.06. The molecule has 1 heterocycles. The standard InChI is InChI=1S/C17H18N2/c1-19-10-8-16-12-15(5-6-17(16)19)14-4-2-3-13(11-14)7-9-18/h2-6,8,10-12H,7,9,18H2,1H3. The SMILES string of the molecule is Cn1ccc2cc(-c3cccc(CCN)c3)ccc21. The molecule has 3 rings (SSSR count). The van der Waals surface area contributed by atoms with Crippen molar-refractivity contribution in [2.24, 2.45) is 12.8 Å². The van der Waals surface area contributed by atoms with Crippen molar-refractivity contribution in [3.63, 3.8) is 0 Å². The summed E-state index contributed by atoms with van der Waals surface area (Å²) in [4.78, 5) is 0. The molecule has 2 N–H and O–H groups in total. The summed E-state index contributed by atoms with van der Waals surface area (Å²) in [6.45, 7) is 0.696. The maximum atomic E-state index is 5.62. The van der Waals surface area contributed by atoms with Gasteiger partial charge in [-0.1, -0.05) is 30.3 Å². The van der Waals surface area contributed by atoms with E-state index in [0.717, 1.165) is 6.42 Å². The minimum atomic E-state index is 0.696. The molecule has 2 aromatic carbocycles. The van der Waals surface area contributed by atoms with Crippen LogP contribution in [0.5, 0.6) is 0 Å². The number of benzene rings is 2. The monoisotopic (exact) mass is 250 g/mol. The predicted molar refractivity (Wildman–Crippen MR) is 81.1 cm³/mol. The van der Waals surface area contributed by atoms with Gasteiger partial charge < -0.3 is 10.3 Å². The molecule has 0 bridgehead atoms. The molecule has 0 atom stereocenters. The fourth-order valence-electron chi connectivity index (χ4n) is 2.53. The predicted octanol–water partition coefficient (Wildman–Crippen LogP) is 3.35. The highest BCUT2D eigenvalue weighted by molar-refractivity contribution is 5.85. The van der Waals surface area contributed by atoms with E-state index in [1.54, 1.807) is 0 Å². The molecule has 0 radical (unpaired) electrons. The smallest absolute Gasteiger partial charge is 0.0478 e. The molecule has 19 heavy (non-hydrogen) atoms. The van der Waals surface area contributed by atoms with Gasteiger partial charge in [-0.25, -0.2) is 0 Å². The molecule has 0 fully saturated rings. The molecule has 1 aromatic heterocycles. The molecule has 0 spiro atoms. The first-order chi connectivity index (χ1) is 9.28. The lowest BCUT2D eigenvalue weighted by Crippen LogP contribution is -2.02. The molecule has 96 valence electrons. The average molecular weight is 250 g/mol. The van der Waals surface area contributed by atoms with Gasteiger partial charge in [0.15, 0.2) is 0 Å². The third-order valence-corrected chi connectivity index (χ3v) is 3.58. The highest BCUT2D eigenvalue weighted by Gasteiger charge is 2.03. The fourth-order valence-corrected chi connectivity index (χ4v) is 2.53. The molecule has 0 saturated heterocycles. The van der Waals surface area contributed by atoms with Gasteiger partial charge in [-0.3, -0.25) is 0 Å². The van der Waals surface area contributed by atoms with Crippen molar-refractivity contribution in [1.82, 2.24) is 4.57 Å². The van der Waals surface area contributed by atoms with Crippen LogP contribution in [0.25, 0.3) is 22.0 Å². The van der Waals surface area contributed by atoms with Gasteiger partial charge in [0.05, 0.1) is 0 Å². The van der Waals surface area contributed by atoms with Crippen LogP contribution < -0.4 is 5.73 Å². The minimum Gasteiger partial charge on any atom is -0.351 e. The lowest BCUT2D eigenvalue weighted by atomic mass is 10.0. The Hall–Kier alpha value is -2.06. The van der Waals surface area contributed by atoms with Gasteiger partial charge in [0, 0.05) is 24.1 Å². The van der Waals surface area contributed by atoms with Gasteiger partial charge in [-0.2, -0.15) is 0 Å².